The van der Waals surface area contributed by atoms with Gasteiger partial charge in [-0.15, -0.1) is 16.7 Å². The van der Waals surface area contributed by atoms with Gasteiger partial charge in [-0.25, -0.2) is 0 Å². The molecule has 4 saturated carbocycles. The van der Waals surface area contributed by atoms with E-state index in [2.05, 4.69) is 15.5 Å². The molecule has 0 aromatic carbocycles. The Morgan fingerprint density at radius 3 is 2.22 bits per heavy atom. The molecule has 5 rings (SSSR count). The Kier molecular flexibility index (Phi) is 2.38. The van der Waals surface area contributed by atoms with Crippen LogP contribution in [0.5, 0.6) is 0 Å². The summed E-state index contributed by atoms with van der Waals surface area (Å²) in [4.78, 5) is 0. The second-order valence-electron chi connectivity index (χ2n) is 6.46. The van der Waals surface area contributed by atoms with E-state index in [4.69, 9.17) is 16.0 Å². The number of halogens is 1. The molecule has 0 unspecified atom stereocenters. The van der Waals surface area contributed by atoms with Crippen LogP contribution >= 0.6 is 11.6 Å². The molecule has 0 aliphatic heterocycles. The van der Waals surface area contributed by atoms with Crippen LogP contribution in [0.15, 0.2) is 4.42 Å². The Hall–Kier alpha value is -0.770. The van der Waals surface area contributed by atoms with Crippen LogP contribution in [0.3, 0.4) is 0 Å². The van der Waals surface area contributed by atoms with E-state index in [1.165, 1.54) is 38.5 Å². The third-order valence-electron chi connectivity index (χ3n) is 4.99. The predicted molar refractivity (Wildman–Crippen MR) is 68.4 cm³/mol. The highest BCUT2D eigenvalue weighted by Gasteiger charge is 2.51. The van der Waals surface area contributed by atoms with E-state index in [0.717, 1.165) is 17.8 Å². The van der Waals surface area contributed by atoms with Crippen molar-refractivity contribution in [2.24, 2.45) is 17.8 Å². The summed E-state index contributed by atoms with van der Waals surface area (Å²) >= 11 is 5.69. The molecular formula is C13H18ClN3O. The first kappa shape index (κ1) is 11.1. The molecule has 98 valence electrons. The maximum absolute atomic E-state index is 5.69. The van der Waals surface area contributed by atoms with Gasteiger partial charge in [0.2, 0.25) is 5.89 Å². The minimum absolute atomic E-state index is 0.227. The maximum Gasteiger partial charge on any atom is 0.315 e. The van der Waals surface area contributed by atoms with E-state index in [9.17, 15) is 0 Å². The van der Waals surface area contributed by atoms with Crippen LogP contribution in [0.25, 0.3) is 0 Å². The van der Waals surface area contributed by atoms with Crippen molar-refractivity contribution < 1.29 is 4.42 Å². The standard InChI is InChI=1S/C13H18ClN3O/c14-7-11-16-17-12(18-11)15-13-4-8-1-9(5-13)3-10(2-8)6-13/h8-10H,1-7H2,(H,15,17). The van der Waals surface area contributed by atoms with Gasteiger partial charge < -0.3 is 9.73 Å². The van der Waals surface area contributed by atoms with Crippen LogP contribution in [-0.2, 0) is 5.88 Å². The monoisotopic (exact) mass is 267 g/mol. The van der Waals surface area contributed by atoms with E-state index in [1.54, 1.807) is 0 Å². The van der Waals surface area contributed by atoms with Gasteiger partial charge in [-0.3, -0.25) is 0 Å². The summed E-state index contributed by atoms with van der Waals surface area (Å²) in [7, 11) is 0. The highest BCUT2D eigenvalue weighted by atomic mass is 35.5. The Bertz CT molecular complexity index is 424. The Morgan fingerprint density at radius 1 is 1.11 bits per heavy atom. The molecule has 1 N–H and O–H groups in total. The summed E-state index contributed by atoms with van der Waals surface area (Å²) in [6.07, 6.45) is 8.15. The van der Waals surface area contributed by atoms with Crippen LogP contribution < -0.4 is 5.32 Å². The van der Waals surface area contributed by atoms with Crippen molar-refractivity contribution in [1.29, 1.82) is 0 Å². The minimum Gasteiger partial charge on any atom is -0.407 e. The first-order valence-electron chi connectivity index (χ1n) is 6.91. The molecule has 4 bridgehead atoms. The number of hydrogen-bond acceptors (Lipinski definition) is 4. The maximum atomic E-state index is 5.69. The van der Waals surface area contributed by atoms with E-state index in [-0.39, 0.29) is 11.4 Å². The van der Waals surface area contributed by atoms with Gasteiger partial charge in [-0.2, -0.15) is 0 Å². The lowest BCUT2D eigenvalue weighted by molar-refractivity contribution is 0.00959. The van der Waals surface area contributed by atoms with Crippen LogP contribution in [0.4, 0.5) is 6.01 Å². The van der Waals surface area contributed by atoms with Crippen LogP contribution in [0.2, 0.25) is 0 Å². The van der Waals surface area contributed by atoms with E-state index in [0.29, 0.717) is 11.9 Å². The molecule has 4 fully saturated rings. The lowest BCUT2D eigenvalue weighted by atomic mass is 9.53. The summed E-state index contributed by atoms with van der Waals surface area (Å²) in [6.45, 7) is 0. The average Bonchev–Trinajstić information content (AvgIpc) is 2.74. The largest absolute Gasteiger partial charge is 0.407 e. The highest BCUT2D eigenvalue weighted by molar-refractivity contribution is 6.16. The molecule has 4 aliphatic carbocycles. The smallest absolute Gasteiger partial charge is 0.315 e. The third kappa shape index (κ3) is 1.73. The number of rotatable bonds is 3. The zero-order chi connectivity index (χ0) is 12.2. The fourth-order valence-corrected chi connectivity index (χ4v) is 4.96. The van der Waals surface area contributed by atoms with Gasteiger partial charge in [-0.1, -0.05) is 5.10 Å². The fourth-order valence-electron chi connectivity index (χ4n) is 4.85. The summed E-state index contributed by atoms with van der Waals surface area (Å²) in [5.41, 5.74) is 0.227. The van der Waals surface area contributed by atoms with Crippen molar-refractivity contribution in [1.82, 2.24) is 10.2 Å². The summed E-state index contributed by atoms with van der Waals surface area (Å²) in [5, 5.41) is 11.5. The van der Waals surface area contributed by atoms with Crippen LogP contribution in [-0.4, -0.2) is 15.7 Å². The molecule has 0 spiro atoms. The second kappa shape index (κ2) is 3.86. The molecule has 18 heavy (non-hydrogen) atoms. The van der Waals surface area contributed by atoms with Gasteiger partial charge in [-0.05, 0) is 56.3 Å². The molecule has 4 aliphatic rings. The molecule has 0 radical (unpaired) electrons. The van der Waals surface area contributed by atoms with Gasteiger partial charge in [0.05, 0.1) is 0 Å². The van der Waals surface area contributed by atoms with Gasteiger partial charge >= 0.3 is 6.01 Å². The number of aromatic nitrogens is 2. The first-order chi connectivity index (χ1) is 8.75. The van der Waals surface area contributed by atoms with Gasteiger partial charge in [0.25, 0.3) is 0 Å². The second-order valence-corrected chi connectivity index (χ2v) is 6.72. The summed E-state index contributed by atoms with van der Waals surface area (Å²) in [6, 6.07) is 0.563. The average molecular weight is 268 g/mol. The first-order valence-corrected chi connectivity index (χ1v) is 7.45. The summed E-state index contributed by atoms with van der Waals surface area (Å²) < 4.78 is 5.51. The minimum atomic E-state index is 0.227. The number of anilines is 1. The molecule has 1 heterocycles. The molecule has 1 aromatic heterocycles. The predicted octanol–water partition coefficient (Wildman–Crippen LogP) is 3.19. The molecule has 4 nitrogen and oxygen atoms in total. The number of hydrogen-bond donors (Lipinski definition) is 1. The molecule has 1 aromatic rings. The zero-order valence-corrected chi connectivity index (χ0v) is 11.1. The van der Waals surface area contributed by atoms with E-state index < -0.39 is 0 Å². The number of alkyl halides is 1. The van der Waals surface area contributed by atoms with Crippen molar-refractivity contribution in [2.75, 3.05) is 5.32 Å². The van der Waals surface area contributed by atoms with Crippen molar-refractivity contribution in [3.05, 3.63) is 5.89 Å². The van der Waals surface area contributed by atoms with Crippen LogP contribution in [0.1, 0.15) is 44.4 Å². The highest BCUT2D eigenvalue weighted by Crippen LogP contribution is 2.56. The SMILES string of the molecule is ClCc1nnc(NC23CC4CC(CC(C4)C2)C3)o1. The van der Waals surface area contributed by atoms with Gasteiger partial charge in [0.1, 0.15) is 5.88 Å². The third-order valence-corrected chi connectivity index (χ3v) is 5.22. The fraction of sp³-hybridized carbons (Fsp3) is 0.846. The molecule has 0 amide bonds. The Morgan fingerprint density at radius 2 is 1.72 bits per heavy atom. The summed E-state index contributed by atoms with van der Waals surface area (Å²) in [5.74, 6) is 3.54. The van der Waals surface area contributed by atoms with E-state index in [1.807, 2.05) is 0 Å². The van der Waals surface area contributed by atoms with Gasteiger partial charge in [0.15, 0.2) is 0 Å². The number of nitrogens with one attached hydrogen (secondary N) is 1. The topological polar surface area (TPSA) is 51.0 Å². The zero-order valence-electron chi connectivity index (χ0n) is 10.4. The quantitative estimate of drug-likeness (QED) is 0.855. The number of nitrogens with zero attached hydrogens (tertiary/aromatic N) is 2. The van der Waals surface area contributed by atoms with Crippen molar-refractivity contribution >= 4 is 17.6 Å². The van der Waals surface area contributed by atoms with Crippen molar-refractivity contribution in [3.8, 4) is 0 Å². The van der Waals surface area contributed by atoms with E-state index >= 15 is 0 Å². The van der Waals surface area contributed by atoms with Crippen molar-refractivity contribution in [2.45, 2.75) is 49.9 Å². The lowest BCUT2D eigenvalue weighted by Gasteiger charge is -2.56. The molecule has 0 saturated heterocycles. The molecule has 0 atom stereocenters. The van der Waals surface area contributed by atoms with Crippen molar-refractivity contribution in [3.63, 3.8) is 0 Å². The Labute approximate surface area is 111 Å². The normalized spacial score (nSPS) is 41.3. The lowest BCUT2D eigenvalue weighted by Crippen LogP contribution is -2.54. The molecular weight excluding hydrogens is 250 g/mol. The molecule has 5 heteroatoms. The van der Waals surface area contributed by atoms with Crippen LogP contribution in [0, 0.1) is 17.8 Å². The van der Waals surface area contributed by atoms with Gasteiger partial charge in [0, 0.05) is 5.54 Å². The Balaban J connectivity index is 1.56.